The number of hydrogen-bond acceptors (Lipinski definition) is 2. The molecule has 0 saturated heterocycles. The van der Waals surface area contributed by atoms with Gasteiger partial charge in [-0.3, -0.25) is 10.1 Å². The molecular formula is C13H19FN2O. The van der Waals surface area contributed by atoms with E-state index in [-0.39, 0.29) is 11.9 Å². The van der Waals surface area contributed by atoms with Gasteiger partial charge in [0.25, 0.3) is 0 Å². The number of carbonyl (C=O) groups excluding carboxylic acids is 1. The molecule has 0 fully saturated rings. The second-order valence-corrected chi connectivity index (χ2v) is 4.59. The van der Waals surface area contributed by atoms with Crippen molar-refractivity contribution in [1.82, 2.24) is 5.32 Å². The van der Waals surface area contributed by atoms with E-state index < -0.39 is 11.9 Å². The molecule has 1 rings (SSSR count). The normalized spacial score (nSPS) is 14.6. The third-order valence-corrected chi connectivity index (χ3v) is 2.92. The summed E-state index contributed by atoms with van der Waals surface area (Å²) in [6.07, 6.45) is 0. The number of amides is 1. The summed E-state index contributed by atoms with van der Waals surface area (Å²) in [7, 11) is 0. The van der Waals surface area contributed by atoms with Gasteiger partial charge in [0.05, 0.1) is 0 Å². The lowest BCUT2D eigenvalue weighted by molar-refractivity contribution is -0.120. The summed E-state index contributed by atoms with van der Waals surface area (Å²) in [5.74, 6) is -0.393. The molecule has 0 unspecified atom stereocenters. The summed E-state index contributed by atoms with van der Waals surface area (Å²) in [6.45, 7) is 6.10. The Morgan fingerprint density at radius 3 is 2.18 bits per heavy atom. The number of carbonyl (C=O) groups is 1. The Balaban J connectivity index is 2.86. The van der Waals surface area contributed by atoms with E-state index >= 15 is 0 Å². The Bertz CT molecular complexity index is 376. The van der Waals surface area contributed by atoms with Gasteiger partial charge in [0, 0.05) is 6.04 Å². The highest BCUT2D eigenvalue weighted by atomic mass is 19.1. The van der Waals surface area contributed by atoms with Crippen molar-refractivity contribution >= 4 is 5.91 Å². The van der Waals surface area contributed by atoms with Gasteiger partial charge in [-0.1, -0.05) is 26.0 Å². The van der Waals surface area contributed by atoms with E-state index in [9.17, 15) is 9.18 Å². The fourth-order valence-electron chi connectivity index (χ4n) is 1.45. The number of benzene rings is 1. The number of halogens is 1. The lowest BCUT2D eigenvalue weighted by Crippen LogP contribution is -2.40. The Labute approximate surface area is 101 Å². The third kappa shape index (κ3) is 3.82. The summed E-state index contributed by atoms with van der Waals surface area (Å²) in [6, 6.07) is 5.38. The maximum Gasteiger partial charge on any atom is 0.239 e. The van der Waals surface area contributed by atoms with E-state index in [1.165, 1.54) is 12.1 Å². The van der Waals surface area contributed by atoms with Crippen molar-refractivity contribution in [2.45, 2.75) is 32.9 Å². The SMILES string of the molecule is CC(C)[C@H](C)N[C@@H](C(N)=O)c1ccc(F)cc1. The predicted molar refractivity (Wildman–Crippen MR) is 65.8 cm³/mol. The second kappa shape index (κ2) is 5.77. The monoisotopic (exact) mass is 238 g/mol. The van der Waals surface area contributed by atoms with Gasteiger partial charge in [0.1, 0.15) is 11.9 Å². The fraction of sp³-hybridized carbons (Fsp3) is 0.462. The molecule has 1 aromatic rings. The first-order chi connectivity index (χ1) is 7.91. The standard InChI is InChI=1S/C13H19FN2O/c1-8(2)9(3)16-12(13(15)17)10-4-6-11(14)7-5-10/h4-9,12,16H,1-3H3,(H2,15,17)/t9-,12+/m0/s1. The Morgan fingerprint density at radius 2 is 1.76 bits per heavy atom. The van der Waals surface area contributed by atoms with Gasteiger partial charge in [-0.15, -0.1) is 0 Å². The Hall–Kier alpha value is -1.42. The van der Waals surface area contributed by atoms with Crippen LogP contribution in [0, 0.1) is 11.7 Å². The smallest absolute Gasteiger partial charge is 0.239 e. The first-order valence-electron chi connectivity index (χ1n) is 5.72. The number of nitrogens with two attached hydrogens (primary N) is 1. The van der Waals surface area contributed by atoms with Crippen molar-refractivity contribution in [1.29, 1.82) is 0 Å². The van der Waals surface area contributed by atoms with E-state index in [0.29, 0.717) is 11.5 Å². The van der Waals surface area contributed by atoms with Crippen LogP contribution < -0.4 is 11.1 Å². The average molecular weight is 238 g/mol. The number of primary amides is 1. The zero-order valence-electron chi connectivity index (χ0n) is 10.4. The van der Waals surface area contributed by atoms with Gasteiger partial charge in [-0.25, -0.2) is 4.39 Å². The third-order valence-electron chi connectivity index (χ3n) is 2.92. The van der Waals surface area contributed by atoms with Gasteiger partial charge in [-0.05, 0) is 30.5 Å². The molecule has 0 saturated carbocycles. The van der Waals surface area contributed by atoms with Gasteiger partial charge >= 0.3 is 0 Å². The molecule has 0 aliphatic rings. The number of rotatable bonds is 5. The Morgan fingerprint density at radius 1 is 1.24 bits per heavy atom. The summed E-state index contributed by atoms with van der Waals surface area (Å²) in [5, 5.41) is 3.15. The first kappa shape index (κ1) is 13.6. The van der Waals surface area contributed by atoms with Crippen molar-refractivity contribution < 1.29 is 9.18 Å². The van der Waals surface area contributed by atoms with Crippen LogP contribution in [0.15, 0.2) is 24.3 Å². The first-order valence-corrected chi connectivity index (χ1v) is 5.72. The molecule has 17 heavy (non-hydrogen) atoms. The molecule has 3 N–H and O–H groups in total. The van der Waals surface area contributed by atoms with E-state index in [1.54, 1.807) is 12.1 Å². The van der Waals surface area contributed by atoms with Gasteiger partial charge < -0.3 is 5.73 Å². The Kier molecular flexibility index (Phi) is 4.63. The highest BCUT2D eigenvalue weighted by Crippen LogP contribution is 2.15. The lowest BCUT2D eigenvalue weighted by Gasteiger charge is -2.23. The molecule has 1 aromatic carbocycles. The van der Waals surface area contributed by atoms with Crippen LogP contribution in [0.4, 0.5) is 4.39 Å². The quantitative estimate of drug-likeness (QED) is 0.824. The molecular weight excluding hydrogens is 219 g/mol. The highest BCUT2D eigenvalue weighted by molar-refractivity contribution is 5.81. The van der Waals surface area contributed by atoms with E-state index in [0.717, 1.165) is 0 Å². The zero-order chi connectivity index (χ0) is 13.0. The molecule has 94 valence electrons. The van der Waals surface area contributed by atoms with Crippen LogP contribution in [0.1, 0.15) is 32.4 Å². The summed E-state index contributed by atoms with van der Waals surface area (Å²) in [4.78, 5) is 11.4. The van der Waals surface area contributed by atoms with Gasteiger partial charge in [0.2, 0.25) is 5.91 Å². The predicted octanol–water partition coefficient (Wildman–Crippen LogP) is 1.99. The molecule has 0 spiro atoms. The van der Waals surface area contributed by atoms with Crippen molar-refractivity contribution in [3.63, 3.8) is 0 Å². The van der Waals surface area contributed by atoms with Crippen molar-refractivity contribution in [2.75, 3.05) is 0 Å². The molecule has 0 radical (unpaired) electrons. The molecule has 3 nitrogen and oxygen atoms in total. The second-order valence-electron chi connectivity index (χ2n) is 4.59. The van der Waals surface area contributed by atoms with Crippen LogP contribution in [0.5, 0.6) is 0 Å². The fourth-order valence-corrected chi connectivity index (χ4v) is 1.45. The van der Waals surface area contributed by atoms with E-state index in [1.807, 2.05) is 6.92 Å². The maximum absolute atomic E-state index is 12.8. The minimum Gasteiger partial charge on any atom is -0.368 e. The largest absolute Gasteiger partial charge is 0.368 e. The van der Waals surface area contributed by atoms with Crippen LogP contribution in [-0.2, 0) is 4.79 Å². The lowest BCUT2D eigenvalue weighted by atomic mass is 10.0. The van der Waals surface area contributed by atoms with Crippen LogP contribution in [0.2, 0.25) is 0 Å². The maximum atomic E-state index is 12.8. The van der Waals surface area contributed by atoms with Crippen molar-refractivity contribution in [3.05, 3.63) is 35.6 Å². The van der Waals surface area contributed by atoms with Gasteiger partial charge in [-0.2, -0.15) is 0 Å². The minimum absolute atomic E-state index is 0.151. The summed E-state index contributed by atoms with van der Waals surface area (Å²) < 4.78 is 12.8. The molecule has 0 aliphatic carbocycles. The molecule has 0 aliphatic heterocycles. The topological polar surface area (TPSA) is 55.1 Å². The summed E-state index contributed by atoms with van der Waals surface area (Å²) in [5.41, 5.74) is 6.05. The molecule has 0 bridgehead atoms. The van der Waals surface area contributed by atoms with Crippen LogP contribution >= 0.6 is 0 Å². The van der Waals surface area contributed by atoms with E-state index in [2.05, 4.69) is 19.2 Å². The van der Waals surface area contributed by atoms with Crippen LogP contribution in [0.25, 0.3) is 0 Å². The van der Waals surface area contributed by atoms with E-state index in [4.69, 9.17) is 5.73 Å². The minimum atomic E-state index is -0.576. The highest BCUT2D eigenvalue weighted by Gasteiger charge is 2.20. The average Bonchev–Trinajstić information content (AvgIpc) is 2.26. The summed E-state index contributed by atoms with van der Waals surface area (Å²) >= 11 is 0. The van der Waals surface area contributed by atoms with Crippen LogP contribution in [-0.4, -0.2) is 11.9 Å². The van der Waals surface area contributed by atoms with Gasteiger partial charge in [0.15, 0.2) is 0 Å². The van der Waals surface area contributed by atoms with Crippen LogP contribution in [0.3, 0.4) is 0 Å². The molecule has 1 amide bonds. The molecule has 0 heterocycles. The van der Waals surface area contributed by atoms with Crippen molar-refractivity contribution in [3.8, 4) is 0 Å². The molecule has 4 heteroatoms. The molecule has 0 aromatic heterocycles. The molecule has 2 atom stereocenters. The van der Waals surface area contributed by atoms with Crippen molar-refractivity contribution in [2.24, 2.45) is 11.7 Å². The zero-order valence-corrected chi connectivity index (χ0v) is 10.4. The number of hydrogen-bond donors (Lipinski definition) is 2. The number of nitrogens with one attached hydrogen (secondary N) is 1.